The highest BCUT2D eigenvalue weighted by molar-refractivity contribution is 7.78. The smallest absolute Gasteiger partial charge is 0.157 e. The van der Waals surface area contributed by atoms with Crippen LogP contribution in [0.15, 0.2) is 18.2 Å². The first-order chi connectivity index (χ1) is 9.11. The molecule has 0 amide bonds. The summed E-state index contributed by atoms with van der Waals surface area (Å²) in [5.41, 5.74) is 1.05. The first-order valence-electron chi connectivity index (χ1n) is 6.69. The second-order valence-corrected chi connectivity index (χ2v) is 5.93. The van der Waals surface area contributed by atoms with E-state index in [0.717, 1.165) is 32.5 Å². The number of piperidine rings is 1. The molecule has 19 heavy (non-hydrogen) atoms. The summed E-state index contributed by atoms with van der Waals surface area (Å²) in [6.45, 7) is 5.17. The van der Waals surface area contributed by atoms with E-state index in [-0.39, 0.29) is 17.5 Å². The lowest BCUT2D eigenvalue weighted by molar-refractivity contribution is 0.220. The molecule has 5 heteroatoms. The standard InChI is InChI=1S/C14H20FNO2S/c1-2-16-8-6-11(7-9-16)13-5-3-4-12(14(13)15)10-19(17)18/h3-5,11H,2,6-10H2,1H3,(H,17,18). The van der Waals surface area contributed by atoms with Gasteiger partial charge in [0.15, 0.2) is 11.1 Å². The maximum atomic E-state index is 14.3. The molecule has 0 radical (unpaired) electrons. The largest absolute Gasteiger partial charge is 0.306 e. The molecule has 0 aliphatic carbocycles. The van der Waals surface area contributed by atoms with Gasteiger partial charge in [-0.15, -0.1) is 0 Å². The normalized spacial score (nSPS) is 19.5. The molecule has 1 aliphatic rings. The first-order valence-corrected chi connectivity index (χ1v) is 7.96. The molecule has 1 unspecified atom stereocenters. The zero-order valence-corrected chi connectivity index (χ0v) is 12.0. The lowest BCUT2D eigenvalue weighted by atomic mass is 9.88. The van der Waals surface area contributed by atoms with Crippen LogP contribution in [-0.4, -0.2) is 33.3 Å². The third-order valence-corrected chi connectivity index (χ3v) is 4.42. The Morgan fingerprint density at radius 2 is 2.11 bits per heavy atom. The van der Waals surface area contributed by atoms with Crippen LogP contribution in [0.4, 0.5) is 4.39 Å². The van der Waals surface area contributed by atoms with E-state index in [1.54, 1.807) is 12.1 Å². The topological polar surface area (TPSA) is 40.5 Å². The van der Waals surface area contributed by atoms with Crippen LogP contribution in [-0.2, 0) is 16.8 Å². The summed E-state index contributed by atoms with van der Waals surface area (Å²) in [7, 11) is 0. The first kappa shape index (κ1) is 14.6. The summed E-state index contributed by atoms with van der Waals surface area (Å²) in [6.07, 6.45) is 1.91. The van der Waals surface area contributed by atoms with Crippen molar-refractivity contribution in [3.63, 3.8) is 0 Å². The minimum absolute atomic E-state index is 0.131. The number of nitrogens with zero attached hydrogens (tertiary/aromatic N) is 1. The quantitative estimate of drug-likeness (QED) is 0.865. The summed E-state index contributed by atoms with van der Waals surface area (Å²) in [5, 5.41) is 0. The maximum absolute atomic E-state index is 14.3. The molecule has 1 saturated heterocycles. The number of rotatable bonds is 4. The molecule has 1 aromatic rings. The van der Waals surface area contributed by atoms with Gasteiger partial charge in [0.2, 0.25) is 0 Å². The predicted octanol–water partition coefficient (Wildman–Crippen LogP) is 2.75. The van der Waals surface area contributed by atoms with E-state index >= 15 is 0 Å². The molecule has 1 aliphatic heterocycles. The van der Waals surface area contributed by atoms with E-state index in [1.165, 1.54) is 0 Å². The van der Waals surface area contributed by atoms with Gasteiger partial charge >= 0.3 is 0 Å². The molecule has 106 valence electrons. The fraction of sp³-hybridized carbons (Fsp3) is 0.571. The lowest BCUT2D eigenvalue weighted by Gasteiger charge is -2.31. The van der Waals surface area contributed by atoms with Crippen LogP contribution < -0.4 is 0 Å². The molecule has 1 fully saturated rings. The van der Waals surface area contributed by atoms with Gasteiger partial charge in [-0.2, -0.15) is 0 Å². The highest BCUT2D eigenvalue weighted by atomic mass is 32.2. The second kappa shape index (κ2) is 6.59. The molecular weight excluding hydrogens is 265 g/mol. The Hall–Kier alpha value is -0.780. The average molecular weight is 285 g/mol. The van der Waals surface area contributed by atoms with Gasteiger partial charge in [0.25, 0.3) is 0 Å². The van der Waals surface area contributed by atoms with Gasteiger partial charge in [-0.1, -0.05) is 25.1 Å². The summed E-state index contributed by atoms with van der Waals surface area (Å²) in [6, 6.07) is 5.19. The zero-order valence-electron chi connectivity index (χ0n) is 11.1. The number of hydrogen-bond donors (Lipinski definition) is 1. The molecule has 0 saturated carbocycles. The molecular formula is C14H20FNO2S. The van der Waals surface area contributed by atoms with Gasteiger partial charge < -0.3 is 9.45 Å². The summed E-state index contributed by atoms with van der Waals surface area (Å²) >= 11 is -2.00. The SMILES string of the molecule is CCN1CCC(c2cccc(CS(=O)O)c2F)CC1. The summed E-state index contributed by atoms with van der Waals surface area (Å²) in [4.78, 5) is 2.36. The minimum Gasteiger partial charge on any atom is -0.306 e. The number of halogens is 1. The van der Waals surface area contributed by atoms with E-state index in [1.807, 2.05) is 6.07 Å². The van der Waals surface area contributed by atoms with Crippen LogP contribution in [0.25, 0.3) is 0 Å². The molecule has 1 aromatic carbocycles. The van der Waals surface area contributed by atoms with Crippen LogP contribution >= 0.6 is 0 Å². The van der Waals surface area contributed by atoms with E-state index in [9.17, 15) is 8.60 Å². The number of benzene rings is 1. The van der Waals surface area contributed by atoms with Gasteiger partial charge in [-0.3, -0.25) is 0 Å². The van der Waals surface area contributed by atoms with Crippen LogP contribution in [0.2, 0.25) is 0 Å². The van der Waals surface area contributed by atoms with Crippen LogP contribution in [0.1, 0.15) is 36.8 Å². The van der Waals surface area contributed by atoms with Crippen LogP contribution in [0, 0.1) is 5.82 Å². The molecule has 0 spiro atoms. The molecule has 2 rings (SSSR count). The summed E-state index contributed by atoms with van der Waals surface area (Å²) < 4.78 is 34.1. The second-order valence-electron chi connectivity index (χ2n) is 4.99. The lowest BCUT2D eigenvalue weighted by Crippen LogP contribution is -2.32. The van der Waals surface area contributed by atoms with Crippen molar-refractivity contribution >= 4 is 11.1 Å². The van der Waals surface area contributed by atoms with Crippen molar-refractivity contribution in [3.05, 3.63) is 35.1 Å². The number of likely N-dealkylation sites (tertiary alicyclic amines) is 1. The van der Waals surface area contributed by atoms with Crippen molar-refractivity contribution in [2.75, 3.05) is 19.6 Å². The Morgan fingerprint density at radius 3 is 2.68 bits per heavy atom. The van der Waals surface area contributed by atoms with Gasteiger partial charge in [-0.25, -0.2) is 8.60 Å². The molecule has 0 aromatic heterocycles. The van der Waals surface area contributed by atoms with E-state index in [4.69, 9.17) is 4.55 Å². The Labute approximate surface area is 116 Å². The maximum Gasteiger partial charge on any atom is 0.157 e. The van der Waals surface area contributed by atoms with E-state index < -0.39 is 11.1 Å². The van der Waals surface area contributed by atoms with Crippen molar-refractivity contribution in [2.24, 2.45) is 0 Å². The fourth-order valence-electron chi connectivity index (χ4n) is 2.72. The van der Waals surface area contributed by atoms with Gasteiger partial charge in [0.05, 0.1) is 5.75 Å². The predicted molar refractivity (Wildman–Crippen MR) is 75.0 cm³/mol. The Morgan fingerprint density at radius 1 is 1.42 bits per heavy atom. The Kier molecular flexibility index (Phi) is 5.07. The Balaban J connectivity index is 2.14. The van der Waals surface area contributed by atoms with Crippen molar-refractivity contribution in [1.29, 1.82) is 0 Å². The summed E-state index contributed by atoms with van der Waals surface area (Å²) in [5.74, 6) is -0.192. The monoisotopic (exact) mass is 285 g/mol. The van der Waals surface area contributed by atoms with Crippen molar-refractivity contribution in [3.8, 4) is 0 Å². The molecule has 1 N–H and O–H groups in total. The number of hydrogen-bond acceptors (Lipinski definition) is 2. The van der Waals surface area contributed by atoms with Crippen LogP contribution in [0.3, 0.4) is 0 Å². The van der Waals surface area contributed by atoms with Crippen LogP contribution in [0.5, 0.6) is 0 Å². The van der Waals surface area contributed by atoms with Crippen molar-refractivity contribution in [2.45, 2.75) is 31.4 Å². The average Bonchev–Trinajstić information content (AvgIpc) is 2.41. The van der Waals surface area contributed by atoms with E-state index in [2.05, 4.69) is 11.8 Å². The van der Waals surface area contributed by atoms with Gasteiger partial charge in [-0.05, 0) is 44.0 Å². The van der Waals surface area contributed by atoms with Gasteiger partial charge in [0, 0.05) is 5.56 Å². The highest BCUT2D eigenvalue weighted by Gasteiger charge is 2.23. The van der Waals surface area contributed by atoms with Crippen molar-refractivity contribution < 1.29 is 13.2 Å². The Bertz CT molecular complexity index is 459. The molecule has 0 bridgehead atoms. The van der Waals surface area contributed by atoms with E-state index in [0.29, 0.717) is 11.1 Å². The minimum atomic E-state index is -2.00. The zero-order chi connectivity index (χ0) is 13.8. The third kappa shape index (κ3) is 3.61. The fourth-order valence-corrected chi connectivity index (χ4v) is 3.21. The molecule has 1 atom stereocenters. The van der Waals surface area contributed by atoms with Gasteiger partial charge in [0.1, 0.15) is 5.82 Å². The highest BCUT2D eigenvalue weighted by Crippen LogP contribution is 2.31. The molecule has 1 heterocycles. The molecule has 3 nitrogen and oxygen atoms in total. The van der Waals surface area contributed by atoms with Crippen molar-refractivity contribution in [1.82, 2.24) is 4.90 Å². The third-order valence-electron chi connectivity index (χ3n) is 3.86.